The first-order valence-corrected chi connectivity index (χ1v) is 9.49. The molecule has 0 unspecified atom stereocenters. The zero-order chi connectivity index (χ0) is 19.3. The molecule has 0 saturated heterocycles. The van der Waals surface area contributed by atoms with Crippen LogP contribution < -0.4 is 5.32 Å². The molecule has 0 fully saturated rings. The van der Waals surface area contributed by atoms with Crippen molar-refractivity contribution in [1.82, 2.24) is 0 Å². The normalized spacial score (nSPS) is 12.3. The van der Waals surface area contributed by atoms with Gasteiger partial charge < -0.3 is 10.1 Å². The lowest BCUT2D eigenvalue weighted by Gasteiger charge is -2.15. The summed E-state index contributed by atoms with van der Waals surface area (Å²) >= 11 is 0. The Kier molecular flexibility index (Phi) is 6.10. The van der Waals surface area contributed by atoms with Gasteiger partial charge in [-0.1, -0.05) is 31.2 Å². The number of rotatable bonds is 6. The minimum Gasteiger partial charge on any atom is -0.449 e. The number of sulfone groups is 1. The predicted molar refractivity (Wildman–Crippen MR) is 94.1 cm³/mol. The van der Waals surface area contributed by atoms with Gasteiger partial charge in [0.05, 0.1) is 21.9 Å². The van der Waals surface area contributed by atoms with Crippen LogP contribution in [0.5, 0.6) is 0 Å². The molecule has 0 heterocycles. The SMILES string of the molecule is CCS(=O)(=O)c1ccccc1C(=O)O[C@H](C)C(=O)Nc1ccccc1F. The number of anilines is 1. The van der Waals surface area contributed by atoms with Gasteiger partial charge in [-0.05, 0) is 31.2 Å². The minimum absolute atomic E-state index is 0.0469. The van der Waals surface area contributed by atoms with E-state index in [-0.39, 0.29) is 21.9 Å². The van der Waals surface area contributed by atoms with Crippen LogP contribution in [-0.2, 0) is 19.4 Å². The summed E-state index contributed by atoms with van der Waals surface area (Å²) in [4.78, 5) is 24.3. The third-order valence-corrected chi connectivity index (χ3v) is 5.39. The summed E-state index contributed by atoms with van der Waals surface area (Å²) in [5.41, 5.74) is -0.200. The number of nitrogens with one attached hydrogen (secondary N) is 1. The van der Waals surface area contributed by atoms with E-state index in [1.807, 2.05) is 0 Å². The Morgan fingerprint density at radius 1 is 1.12 bits per heavy atom. The van der Waals surface area contributed by atoms with Crippen molar-refractivity contribution in [2.24, 2.45) is 0 Å². The summed E-state index contributed by atoms with van der Waals surface area (Å²) in [5, 5.41) is 2.31. The highest BCUT2D eigenvalue weighted by Gasteiger charge is 2.25. The average Bonchev–Trinajstić information content (AvgIpc) is 2.63. The molecular formula is C18H18FNO5S. The maximum atomic E-state index is 13.6. The van der Waals surface area contributed by atoms with Gasteiger partial charge in [-0.3, -0.25) is 4.79 Å². The van der Waals surface area contributed by atoms with Crippen molar-refractivity contribution < 1.29 is 27.1 Å². The van der Waals surface area contributed by atoms with Gasteiger partial charge >= 0.3 is 5.97 Å². The van der Waals surface area contributed by atoms with Crippen LogP contribution in [0, 0.1) is 5.82 Å². The first-order chi connectivity index (χ1) is 12.3. The number of para-hydroxylation sites is 1. The Balaban J connectivity index is 2.15. The van der Waals surface area contributed by atoms with E-state index in [4.69, 9.17) is 4.74 Å². The Morgan fingerprint density at radius 2 is 1.73 bits per heavy atom. The van der Waals surface area contributed by atoms with Crippen molar-refractivity contribution in [1.29, 1.82) is 0 Å². The molecule has 1 atom stereocenters. The monoisotopic (exact) mass is 379 g/mol. The van der Waals surface area contributed by atoms with Gasteiger partial charge in [0.25, 0.3) is 5.91 Å². The first kappa shape index (κ1) is 19.6. The van der Waals surface area contributed by atoms with Crippen LogP contribution in [0.25, 0.3) is 0 Å². The second-order valence-corrected chi connectivity index (χ2v) is 7.66. The lowest BCUT2D eigenvalue weighted by atomic mass is 10.2. The zero-order valence-corrected chi connectivity index (χ0v) is 15.0. The van der Waals surface area contributed by atoms with Gasteiger partial charge in [-0.15, -0.1) is 0 Å². The summed E-state index contributed by atoms with van der Waals surface area (Å²) in [7, 11) is -3.64. The highest BCUT2D eigenvalue weighted by molar-refractivity contribution is 7.91. The van der Waals surface area contributed by atoms with Crippen LogP contribution in [0.3, 0.4) is 0 Å². The van der Waals surface area contributed by atoms with E-state index in [9.17, 15) is 22.4 Å². The molecule has 0 spiro atoms. The molecule has 0 saturated carbocycles. The Bertz CT molecular complexity index is 927. The first-order valence-electron chi connectivity index (χ1n) is 7.84. The molecule has 0 aliphatic heterocycles. The third kappa shape index (κ3) is 4.45. The van der Waals surface area contributed by atoms with Gasteiger partial charge in [0.15, 0.2) is 15.9 Å². The van der Waals surface area contributed by atoms with Crippen molar-refractivity contribution in [2.75, 3.05) is 11.1 Å². The highest BCUT2D eigenvalue weighted by Crippen LogP contribution is 2.19. The second-order valence-electron chi connectivity index (χ2n) is 5.42. The lowest BCUT2D eigenvalue weighted by Crippen LogP contribution is -2.30. The smallest absolute Gasteiger partial charge is 0.340 e. The number of amides is 1. The molecule has 0 aliphatic carbocycles. The van der Waals surface area contributed by atoms with E-state index >= 15 is 0 Å². The highest BCUT2D eigenvalue weighted by atomic mass is 32.2. The van der Waals surface area contributed by atoms with Crippen LogP contribution >= 0.6 is 0 Å². The molecule has 0 radical (unpaired) electrons. The fourth-order valence-electron chi connectivity index (χ4n) is 2.14. The largest absolute Gasteiger partial charge is 0.449 e. The molecule has 6 nitrogen and oxygen atoms in total. The number of hydrogen-bond donors (Lipinski definition) is 1. The van der Waals surface area contributed by atoms with Gasteiger partial charge in [0.2, 0.25) is 0 Å². The fraction of sp³-hybridized carbons (Fsp3) is 0.222. The summed E-state index contributed by atoms with van der Waals surface area (Å²) in [6.07, 6.45) is -1.25. The van der Waals surface area contributed by atoms with E-state index in [1.54, 1.807) is 6.07 Å². The number of hydrogen-bond acceptors (Lipinski definition) is 5. The van der Waals surface area contributed by atoms with Crippen LogP contribution in [0.2, 0.25) is 0 Å². The molecule has 1 N–H and O–H groups in total. The predicted octanol–water partition coefficient (Wildman–Crippen LogP) is 2.80. The molecule has 0 bridgehead atoms. The van der Waals surface area contributed by atoms with Crippen molar-refractivity contribution >= 4 is 27.4 Å². The maximum absolute atomic E-state index is 13.6. The van der Waals surface area contributed by atoms with Crippen molar-refractivity contribution in [2.45, 2.75) is 24.8 Å². The number of carbonyl (C=O) groups is 2. The number of esters is 1. The van der Waals surface area contributed by atoms with Crippen LogP contribution in [0.15, 0.2) is 53.4 Å². The average molecular weight is 379 g/mol. The quantitative estimate of drug-likeness (QED) is 0.780. The Morgan fingerprint density at radius 3 is 2.38 bits per heavy atom. The molecule has 2 aromatic rings. The maximum Gasteiger partial charge on any atom is 0.340 e. The van der Waals surface area contributed by atoms with Crippen molar-refractivity contribution in [3.8, 4) is 0 Å². The van der Waals surface area contributed by atoms with E-state index in [0.29, 0.717) is 0 Å². The van der Waals surface area contributed by atoms with Crippen LogP contribution in [0.1, 0.15) is 24.2 Å². The number of halogens is 1. The second kappa shape index (κ2) is 8.09. The topological polar surface area (TPSA) is 89.5 Å². The molecule has 2 aromatic carbocycles. The van der Waals surface area contributed by atoms with E-state index in [0.717, 1.165) is 0 Å². The van der Waals surface area contributed by atoms with Gasteiger partial charge in [0, 0.05) is 0 Å². The summed E-state index contributed by atoms with van der Waals surface area (Å²) in [6, 6.07) is 11.2. The van der Waals surface area contributed by atoms with Crippen LogP contribution in [-0.4, -0.2) is 32.2 Å². The standard InChI is InChI=1S/C18H18FNO5S/c1-3-26(23,24)16-11-7-4-8-13(16)18(22)25-12(2)17(21)20-15-10-6-5-9-14(15)19/h4-12H,3H2,1-2H3,(H,20,21)/t12-/m1/s1. The molecule has 0 aromatic heterocycles. The van der Waals surface area contributed by atoms with E-state index < -0.39 is 33.6 Å². The van der Waals surface area contributed by atoms with Crippen LogP contribution in [0.4, 0.5) is 10.1 Å². The van der Waals surface area contributed by atoms with Crippen molar-refractivity contribution in [3.63, 3.8) is 0 Å². The molecular weight excluding hydrogens is 361 g/mol. The van der Waals surface area contributed by atoms with Crippen molar-refractivity contribution in [3.05, 3.63) is 59.9 Å². The minimum atomic E-state index is -3.64. The number of benzene rings is 2. The van der Waals surface area contributed by atoms with Gasteiger partial charge in [0.1, 0.15) is 5.82 Å². The molecule has 8 heteroatoms. The zero-order valence-electron chi connectivity index (χ0n) is 14.2. The number of carbonyl (C=O) groups excluding carboxylic acids is 2. The Labute approximate surface area is 150 Å². The fourth-order valence-corrected chi connectivity index (χ4v) is 3.22. The summed E-state index contributed by atoms with van der Waals surface area (Å²) in [5.74, 6) is -2.49. The van der Waals surface area contributed by atoms with E-state index in [1.165, 1.54) is 56.3 Å². The number of ether oxygens (including phenoxy) is 1. The molecule has 26 heavy (non-hydrogen) atoms. The molecule has 1 amide bonds. The summed E-state index contributed by atoms with van der Waals surface area (Å²) in [6.45, 7) is 2.77. The molecule has 138 valence electrons. The lowest BCUT2D eigenvalue weighted by molar-refractivity contribution is -0.123. The van der Waals surface area contributed by atoms with Gasteiger partial charge in [-0.25, -0.2) is 17.6 Å². The third-order valence-electron chi connectivity index (χ3n) is 3.61. The van der Waals surface area contributed by atoms with E-state index in [2.05, 4.69) is 5.32 Å². The summed E-state index contributed by atoms with van der Waals surface area (Å²) < 4.78 is 42.8. The molecule has 2 rings (SSSR count). The van der Waals surface area contributed by atoms with Gasteiger partial charge in [-0.2, -0.15) is 0 Å². The molecule has 0 aliphatic rings. The Hall–Kier alpha value is -2.74.